The summed E-state index contributed by atoms with van der Waals surface area (Å²) in [6.45, 7) is 9.44. The predicted molar refractivity (Wildman–Crippen MR) is 126 cm³/mol. The van der Waals surface area contributed by atoms with E-state index in [9.17, 15) is 4.79 Å². The quantitative estimate of drug-likeness (QED) is 0.303. The van der Waals surface area contributed by atoms with Gasteiger partial charge in [-0.05, 0) is 18.4 Å². The van der Waals surface area contributed by atoms with Crippen LogP contribution in [0.1, 0.15) is 85.5 Å². The van der Waals surface area contributed by atoms with Gasteiger partial charge in [0.2, 0.25) is 0 Å². The monoisotopic (exact) mass is 409 g/mol. The Morgan fingerprint density at radius 3 is 1.46 bits per heavy atom. The number of aliphatic carboxylic acids is 1. The molecule has 0 aliphatic heterocycles. The second-order valence-electron chi connectivity index (χ2n) is 7.64. The fourth-order valence-electron chi connectivity index (χ4n) is 3.33. The van der Waals surface area contributed by atoms with Crippen LogP contribution in [0, 0.1) is 0 Å². The third-order valence-electron chi connectivity index (χ3n) is 5.19. The zero-order valence-electron chi connectivity index (χ0n) is 18.3. The first-order chi connectivity index (χ1) is 12.4. The number of thioether (sulfide) groups is 1. The van der Waals surface area contributed by atoms with Gasteiger partial charge in [0.15, 0.2) is 0 Å². The van der Waals surface area contributed by atoms with Crippen LogP contribution in [0.2, 0.25) is 0 Å². The normalized spacial score (nSPS) is 13.0. The molecule has 26 heavy (non-hydrogen) atoms. The van der Waals surface area contributed by atoms with Crippen molar-refractivity contribution in [3.05, 3.63) is 0 Å². The van der Waals surface area contributed by atoms with Crippen LogP contribution in [0.4, 0.5) is 0 Å². The van der Waals surface area contributed by atoms with Gasteiger partial charge >= 0.3 is 117 Å². The minimum atomic E-state index is -0.913. The summed E-state index contributed by atoms with van der Waals surface area (Å²) in [5, 5.41) is 8.27. The summed E-state index contributed by atoms with van der Waals surface area (Å²) < 4.78 is 0. The maximum absolute atomic E-state index is 10.1. The Bertz CT molecular complexity index is 279. The minimum absolute atomic E-state index is 0.552. The molecule has 0 unspecified atom stereocenters. The van der Waals surface area contributed by atoms with Crippen LogP contribution in [0.3, 0.4) is 0 Å². The SMILES string of the molecule is CCCC[PH](CCCC)(CCCC)CCCC.CSCC[C@H](N)C(=O)O. The number of nitrogens with two attached hydrogens (primary N) is 1. The number of rotatable bonds is 16. The molecule has 1 atom stereocenters. The molecule has 0 aliphatic carbocycles. The molecule has 0 spiro atoms. The average Bonchev–Trinajstić information content (AvgIpc) is 2.65. The second-order valence-corrected chi connectivity index (χ2v) is 13.6. The third kappa shape index (κ3) is 16.4. The van der Waals surface area contributed by atoms with Gasteiger partial charge in [0, 0.05) is 0 Å². The molecule has 5 heteroatoms. The number of unbranched alkanes of at least 4 members (excludes halogenated alkanes) is 4. The number of hydrogen-bond donors (Lipinski definition) is 2. The van der Waals surface area contributed by atoms with Crippen molar-refractivity contribution in [3.8, 4) is 0 Å². The van der Waals surface area contributed by atoms with Gasteiger partial charge in [-0.1, -0.05) is 0 Å². The molecule has 0 aromatic rings. The van der Waals surface area contributed by atoms with E-state index < -0.39 is 19.3 Å². The van der Waals surface area contributed by atoms with Gasteiger partial charge in [0.1, 0.15) is 6.04 Å². The first kappa shape index (κ1) is 28.4. The van der Waals surface area contributed by atoms with E-state index in [1.807, 2.05) is 6.26 Å². The molecule has 0 radical (unpaired) electrons. The fourth-order valence-corrected chi connectivity index (χ4v) is 9.73. The standard InChI is InChI=1S/C16H37P.C5H11NO2S/c1-5-9-13-17(14-10-6-2,15-11-7-3)16-12-8-4;1-9-3-2-4(6)5(7)8/h17H,5-16H2,1-4H3;4H,2-3,6H2,1H3,(H,7,8)/t;4-/m.0/s1. The maximum Gasteiger partial charge on any atom is 0.320 e. The van der Waals surface area contributed by atoms with Gasteiger partial charge < -0.3 is 10.8 Å². The van der Waals surface area contributed by atoms with Crippen molar-refractivity contribution in [2.45, 2.75) is 91.5 Å². The molecule has 0 heterocycles. The molecule has 0 amide bonds. The van der Waals surface area contributed by atoms with Crippen LogP contribution in [0.15, 0.2) is 0 Å². The molecule has 0 saturated carbocycles. The Labute approximate surface area is 169 Å². The van der Waals surface area contributed by atoms with Crippen molar-refractivity contribution in [1.82, 2.24) is 0 Å². The summed E-state index contributed by atoms with van der Waals surface area (Å²) in [5.41, 5.74) is 5.19. The van der Waals surface area contributed by atoms with E-state index in [1.165, 1.54) is 51.4 Å². The minimum Gasteiger partial charge on any atom is -0.480 e. The van der Waals surface area contributed by atoms with Crippen LogP contribution >= 0.6 is 19.0 Å². The number of carboxylic acids is 1. The molecule has 160 valence electrons. The van der Waals surface area contributed by atoms with Crippen molar-refractivity contribution in [2.24, 2.45) is 5.73 Å². The van der Waals surface area contributed by atoms with Crippen molar-refractivity contribution < 1.29 is 9.90 Å². The van der Waals surface area contributed by atoms with Crippen molar-refractivity contribution >= 4 is 25.0 Å². The smallest absolute Gasteiger partial charge is 0.320 e. The summed E-state index contributed by atoms with van der Waals surface area (Å²) >= 11 is 1.60. The predicted octanol–water partition coefficient (Wildman–Crippen LogP) is 6.09. The van der Waals surface area contributed by atoms with Crippen LogP contribution in [-0.2, 0) is 4.79 Å². The molecule has 3 nitrogen and oxygen atoms in total. The summed E-state index contributed by atoms with van der Waals surface area (Å²) in [7, 11) is -0.879. The Hall–Kier alpha value is 0.210. The topological polar surface area (TPSA) is 63.3 Å². The van der Waals surface area contributed by atoms with E-state index in [2.05, 4.69) is 27.7 Å². The summed E-state index contributed by atoms with van der Waals surface area (Å²) in [4.78, 5) is 10.1. The Balaban J connectivity index is 0. The number of hydrogen-bond acceptors (Lipinski definition) is 3. The average molecular weight is 410 g/mol. The molecule has 0 aromatic carbocycles. The van der Waals surface area contributed by atoms with Crippen LogP contribution in [0.25, 0.3) is 0 Å². The summed E-state index contributed by atoms with van der Waals surface area (Å²) in [6, 6.07) is -0.683. The third-order valence-corrected chi connectivity index (χ3v) is 11.5. The van der Waals surface area contributed by atoms with E-state index in [4.69, 9.17) is 10.8 Å². The van der Waals surface area contributed by atoms with Gasteiger partial charge in [0.25, 0.3) is 0 Å². The van der Waals surface area contributed by atoms with Gasteiger partial charge in [-0.25, -0.2) is 0 Å². The van der Waals surface area contributed by atoms with Crippen molar-refractivity contribution in [1.29, 1.82) is 0 Å². The summed E-state index contributed by atoms with van der Waals surface area (Å²) in [5.74, 6) is -0.1000. The molecule has 3 N–H and O–H groups in total. The molecule has 0 fully saturated rings. The van der Waals surface area contributed by atoms with Gasteiger partial charge in [0.05, 0.1) is 0 Å². The molecule has 0 aliphatic rings. The van der Waals surface area contributed by atoms with Gasteiger partial charge in [-0.15, -0.1) is 0 Å². The largest absolute Gasteiger partial charge is 0.480 e. The molecule has 0 rings (SSSR count). The number of carboxylic acid groups (broad SMARTS) is 1. The Morgan fingerprint density at radius 1 is 0.885 bits per heavy atom. The van der Waals surface area contributed by atoms with E-state index in [0.29, 0.717) is 6.42 Å². The van der Waals surface area contributed by atoms with Gasteiger partial charge in [-0.3, -0.25) is 4.79 Å². The molecule has 0 bridgehead atoms. The maximum atomic E-state index is 10.1. The van der Waals surface area contributed by atoms with E-state index in [1.54, 1.807) is 36.4 Å². The Kier molecular flexibility index (Phi) is 21.8. The first-order valence-electron chi connectivity index (χ1n) is 10.9. The van der Waals surface area contributed by atoms with Gasteiger partial charge in [-0.2, -0.15) is 11.8 Å². The van der Waals surface area contributed by atoms with Crippen LogP contribution in [-0.4, -0.2) is 53.8 Å². The molecule has 0 saturated heterocycles. The Morgan fingerprint density at radius 2 is 1.23 bits per heavy atom. The molecule has 0 aromatic heterocycles. The molecular weight excluding hydrogens is 361 g/mol. The fraction of sp³-hybridized carbons (Fsp3) is 0.952. The molecular formula is C21H48NO2PS. The van der Waals surface area contributed by atoms with E-state index in [0.717, 1.165) is 5.75 Å². The van der Waals surface area contributed by atoms with E-state index in [-0.39, 0.29) is 0 Å². The number of carbonyl (C=O) groups is 1. The zero-order chi connectivity index (χ0) is 20.3. The first-order valence-corrected chi connectivity index (χ1v) is 15.1. The van der Waals surface area contributed by atoms with Crippen molar-refractivity contribution in [3.63, 3.8) is 0 Å². The summed E-state index contributed by atoms with van der Waals surface area (Å²) in [6.07, 6.45) is 20.6. The van der Waals surface area contributed by atoms with Crippen molar-refractivity contribution in [2.75, 3.05) is 36.7 Å². The van der Waals surface area contributed by atoms with Crippen LogP contribution < -0.4 is 5.73 Å². The van der Waals surface area contributed by atoms with Crippen LogP contribution in [0.5, 0.6) is 0 Å². The van der Waals surface area contributed by atoms with E-state index >= 15 is 0 Å². The second kappa shape index (κ2) is 20.0. The zero-order valence-corrected chi connectivity index (χ0v) is 20.1.